The first kappa shape index (κ1) is 30.5. The molecule has 4 aromatic carbocycles. The van der Waals surface area contributed by atoms with Crippen molar-refractivity contribution < 1.29 is 23.4 Å². The first-order valence-corrected chi connectivity index (χ1v) is 15.8. The molecule has 0 amide bonds. The smallest absolute Gasteiger partial charge is 0.338 e. The summed E-state index contributed by atoms with van der Waals surface area (Å²) in [4.78, 5) is 32.0. The van der Waals surface area contributed by atoms with Crippen LogP contribution < -0.4 is 24.4 Å². The summed E-state index contributed by atoms with van der Waals surface area (Å²) >= 11 is 4.83. The lowest BCUT2D eigenvalue weighted by Gasteiger charge is -2.24. The number of ether oxygens (including phenoxy) is 3. The number of hydrogen-bond acceptors (Lipinski definition) is 7. The zero-order valence-electron chi connectivity index (χ0n) is 24.7. The van der Waals surface area contributed by atoms with E-state index < -0.39 is 17.8 Å². The molecular weight excluding hydrogens is 659 g/mol. The van der Waals surface area contributed by atoms with Crippen molar-refractivity contribution in [2.75, 3.05) is 13.7 Å². The molecule has 0 fully saturated rings. The van der Waals surface area contributed by atoms with Crippen molar-refractivity contribution in [1.82, 2.24) is 4.57 Å². The Morgan fingerprint density at radius 2 is 1.84 bits per heavy atom. The Bertz CT molecular complexity index is 2150. The molecule has 2 heterocycles. The molecule has 0 spiro atoms. The molecule has 7 nitrogen and oxygen atoms in total. The number of esters is 1. The minimum absolute atomic E-state index is 0.161. The maximum atomic E-state index is 13.9. The van der Waals surface area contributed by atoms with Crippen molar-refractivity contribution in [3.05, 3.63) is 137 Å². The van der Waals surface area contributed by atoms with Crippen LogP contribution in [0.5, 0.6) is 11.5 Å². The third-order valence-corrected chi connectivity index (χ3v) is 9.08. The van der Waals surface area contributed by atoms with Gasteiger partial charge in [-0.25, -0.2) is 14.2 Å². The molecule has 5 aromatic rings. The summed E-state index contributed by atoms with van der Waals surface area (Å²) in [7, 11) is 1.56. The van der Waals surface area contributed by atoms with E-state index in [-0.39, 0.29) is 17.7 Å². The molecule has 1 aliphatic heterocycles. The number of halogens is 2. The number of fused-ring (bicyclic) bond motifs is 2. The molecule has 1 aliphatic rings. The Morgan fingerprint density at radius 1 is 1.09 bits per heavy atom. The van der Waals surface area contributed by atoms with Crippen LogP contribution in [0.25, 0.3) is 16.8 Å². The van der Waals surface area contributed by atoms with Crippen LogP contribution in [-0.2, 0) is 16.1 Å². The molecule has 0 unspecified atom stereocenters. The summed E-state index contributed by atoms with van der Waals surface area (Å²) < 4.78 is 33.6. The molecule has 228 valence electrons. The van der Waals surface area contributed by atoms with Crippen molar-refractivity contribution in [2.24, 2.45) is 4.99 Å². The highest BCUT2D eigenvalue weighted by atomic mass is 79.9. The lowest BCUT2D eigenvalue weighted by atomic mass is 9.96. The number of carbonyl (C=O) groups excluding carboxylic acids is 1. The Hall–Kier alpha value is -4.54. The molecular formula is C35H28BrFN2O5S. The average Bonchev–Trinajstić information content (AvgIpc) is 3.33. The molecule has 1 atom stereocenters. The van der Waals surface area contributed by atoms with Gasteiger partial charge >= 0.3 is 5.97 Å². The fraction of sp³-hybridized carbons (Fsp3) is 0.171. The quantitative estimate of drug-likeness (QED) is 0.176. The molecule has 0 N–H and O–H groups in total. The number of carbonyl (C=O) groups is 1. The Labute approximate surface area is 270 Å². The maximum absolute atomic E-state index is 13.9. The first-order valence-electron chi connectivity index (χ1n) is 14.2. The molecule has 6 rings (SSSR count). The molecule has 10 heteroatoms. The number of methoxy groups -OCH3 is 1. The third-order valence-electron chi connectivity index (χ3n) is 7.50. The average molecular weight is 688 g/mol. The number of rotatable bonds is 8. The number of hydrogen-bond donors (Lipinski definition) is 0. The second-order valence-electron chi connectivity index (χ2n) is 10.3. The van der Waals surface area contributed by atoms with E-state index in [4.69, 9.17) is 14.2 Å². The van der Waals surface area contributed by atoms with Crippen LogP contribution >= 0.6 is 27.3 Å². The highest BCUT2D eigenvalue weighted by molar-refractivity contribution is 9.10. The van der Waals surface area contributed by atoms with E-state index in [0.717, 1.165) is 16.3 Å². The predicted octanol–water partition coefficient (Wildman–Crippen LogP) is 6.44. The van der Waals surface area contributed by atoms with Crippen molar-refractivity contribution in [2.45, 2.75) is 26.5 Å². The van der Waals surface area contributed by atoms with Gasteiger partial charge in [0, 0.05) is 0 Å². The fourth-order valence-electron chi connectivity index (χ4n) is 5.43. The second-order valence-corrected chi connectivity index (χ2v) is 12.2. The first-order chi connectivity index (χ1) is 21.8. The third kappa shape index (κ3) is 5.95. The van der Waals surface area contributed by atoms with E-state index in [0.29, 0.717) is 48.7 Å². The molecule has 0 bridgehead atoms. The highest BCUT2D eigenvalue weighted by Gasteiger charge is 2.33. The lowest BCUT2D eigenvalue weighted by Crippen LogP contribution is -2.39. The SMILES string of the molecule is CCOC(=O)C1=C(C)N=c2s/c(=C\c3cc(Br)c(OCc4cccc5ccccc45)c(OC)c3)c(=O)n2[C@@H]1c1ccc(F)cc1. The van der Waals surface area contributed by atoms with Crippen LogP contribution in [0.2, 0.25) is 0 Å². The zero-order chi connectivity index (χ0) is 31.7. The van der Waals surface area contributed by atoms with Gasteiger partial charge in [-0.2, -0.15) is 0 Å². The van der Waals surface area contributed by atoms with E-state index in [1.165, 1.54) is 28.0 Å². The summed E-state index contributed by atoms with van der Waals surface area (Å²) in [6, 6.07) is 22.8. The van der Waals surface area contributed by atoms with Crippen LogP contribution in [0.3, 0.4) is 0 Å². The maximum Gasteiger partial charge on any atom is 0.338 e. The molecule has 45 heavy (non-hydrogen) atoms. The minimum Gasteiger partial charge on any atom is -0.493 e. The summed E-state index contributed by atoms with van der Waals surface area (Å²) in [5, 5.41) is 2.25. The predicted molar refractivity (Wildman–Crippen MR) is 176 cm³/mol. The van der Waals surface area contributed by atoms with Gasteiger partial charge in [0.15, 0.2) is 16.3 Å². The van der Waals surface area contributed by atoms with Crippen LogP contribution in [0.4, 0.5) is 4.39 Å². The Balaban J connectivity index is 1.39. The van der Waals surface area contributed by atoms with Gasteiger partial charge in [-0.1, -0.05) is 65.9 Å². The molecule has 0 saturated heterocycles. The van der Waals surface area contributed by atoms with Gasteiger partial charge in [0.1, 0.15) is 12.4 Å². The summed E-state index contributed by atoms with van der Waals surface area (Å²) in [6.07, 6.45) is 1.75. The number of aromatic nitrogens is 1. The van der Waals surface area contributed by atoms with Crippen molar-refractivity contribution in [3.63, 3.8) is 0 Å². The van der Waals surface area contributed by atoms with Crippen LogP contribution in [0.15, 0.2) is 104 Å². The van der Waals surface area contributed by atoms with Gasteiger partial charge in [0.05, 0.1) is 40.0 Å². The van der Waals surface area contributed by atoms with E-state index in [1.54, 1.807) is 45.2 Å². The number of benzene rings is 4. The van der Waals surface area contributed by atoms with Crippen molar-refractivity contribution in [1.29, 1.82) is 0 Å². The number of nitrogens with zero attached hydrogens (tertiary/aromatic N) is 2. The normalized spacial score (nSPS) is 14.7. The second kappa shape index (κ2) is 12.8. The van der Waals surface area contributed by atoms with E-state index >= 15 is 0 Å². The Kier molecular flexibility index (Phi) is 8.69. The minimum atomic E-state index is -0.825. The largest absolute Gasteiger partial charge is 0.493 e. The van der Waals surface area contributed by atoms with E-state index in [9.17, 15) is 14.0 Å². The van der Waals surface area contributed by atoms with Crippen molar-refractivity contribution in [3.8, 4) is 11.5 Å². The van der Waals surface area contributed by atoms with E-state index in [2.05, 4.69) is 39.1 Å². The van der Waals surface area contributed by atoms with Gasteiger partial charge in [-0.05, 0) is 87.6 Å². The van der Waals surface area contributed by atoms with Gasteiger partial charge in [0.25, 0.3) is 5.56 Å². The van der Waals surface area contributed by atoms with Gasteiger partial charge in [-0.15, -0.1) is 0 Å². The van der Waals surface area contributed by atoms with Crippen LogP contribution in [-0.4, -0.2) is 24.3 Å². The topological polar surface area (TPSA) is 79.1 Å². The number of allylic oxidation sites excluding steroid dienone is 1. The van der Waals surface area contributed by atoms with Gasteiger partial charge in [-0.3, -0.25) is 9.36 Å². The highest BCUT2D eigenvalue weighted by Crippen LogP contribution is 2.38. The van der Waals surface area contributed by atoms with Crippen LogP contribution in [0.1, 0.15) is 36.6 Å². The fourth-order valence-corrected chi connectivity index (χ4v) is 7.06. The summed E-state index contributed by atoms with van der Waals surface area (Å²) in [5.41, 5.74) is 2.64. The molecule has 0 saturated carbocycles. The standard InChI is InChI=1S/C35H28BrFN2O5S/c1-4-43-34(41)30-20(2)38-35-39(31(30)23-12-14-25(37)15-13-23)33(40)29(45-35)18-21-16-27(36)32(28(17-21)42-3)44-19-24-10-7-9-22-8-5-6-11-26(22)24/h5-18,31H,4,19H2,1-3H3/b29-18-/t31-/m1/s1. The molecule has 1 aromatic heterocycles. The zero-order valence-corrected chi connectivity index (χ0v) is 27.1. The summed E-state index contributed by atoms with van der Waals surface area (Å²) in [5.74, 6) is 0.0343. The van der Waals surface area contributed by atoms with Crippen molar-refractivity contribution >= 4 is 50.1 Å². The lowest BCUT2D eigenvalue weighted by molar-refractivity contribution is -0.139. The van der Waals surface area contributed by atoms with Crippen LogP contribution in [0, 0.1) is 5.82 Å². The monoisotopic (exact) mass is 686 g/mol. The Morgan fingerprint density at radius 3 is 2.60 bits per heavy atom. The van der Waals surface area contributed by atoms with Gasteiger partial charge < -0.3 is 14.2 Å². The van der Waals surface area contributed by atoms with Gasteiger partial charge in [0.2, 0.25) is 0 Å². The number of thiazole rings is 1. The molecule has 0 radical (unpaired) electrons. The van der Waals surface area contributed by atoms with E-state index in [1.807, 2.05) is 30.3 Å². The molecule has 0 aliphatic carbocycles. The summed E-state index contributed by atoms with van der Waals surface area (Å²) in [6.45, 7) is 3.91.